The maximum atomic E-state index is 9.18. The number of likely N-dealkylation sites (tertiary alicyclic amines) is 1. The summed E-state index contributed by atoms with van der Waals surface area (Å²) in [4.78, 5) is 2.18. The van der Waals surface area contributed by atoms with Crippen LogP contribution in [0.25, 0.3) is 0 Å². The van der Waals surface area contributed by atoms with Crippen molar-refractivity contribution in [3.05, 3.63) is 12.2 Å². The standard InChI is InChI=1S/C8H16N2O/c1-7(4-9)5-10-3-2-8(11)6-10/h8,11H,1-6,9H2. The third kappa shape index (κ3) is 2.61. The minimum Gasteiger partial charge on any atom is -0.392 e. The summed E-state index contributed by atoms with van der Waals surface area (Å²) in [7, 11) is 0. The van der Waals surface area contributed by atoms with E-state index >= 15 is 0 Å². The van der Waals surface area contributed by atoms with E-state index in [4.69, 9.17) is 5.73 Å². The van der Waals surface area contributed by atoms with E-state index in [9.17, 15) is 5.11 Å². The van der Waals surface area contributed by atoms with Crippen LogP contribution in [-0.2, 0) is 0 Å². The molecule has 0 radical (unpaired) electrons. The van der Waals surface area contributed by atoms with E-state index in [2.05, 4.69) is 11.5 Å². The first-order chi connectivity index (χ1) is 5.22. The third-order valence-corrected chi connectivity index (χ3v) is 1.98. The SMILES string of the molecule is C=C(CN)CN1CCC(O)C1. The highest BCUT2D eigenvalue weighted by Gasteiger charge is 2.19. The highest BCUT2D eigenvalue weighted by Crippen LogP contribution is 2.09. The molecular weight excluding hydrogens is 140 g/mol. The first-order valence-corrected chi connectivity index (χ1v) is 3.99. The lowest BCUT2D eigenvalue weighted by Crippen LogP contribution is -2.26. The first kappa shape index (κ1) is 8.71. The third-order valence-electron chi connectivity index (χ3n) is 1.98. The van der Waals surface area contributed by atoms with E-state index < -0.39 is 0 Å². The number of aliphatic hydroxyl groups is 1. The second kappa shape index (κ2) is 3.85. The van der Waals surface area contributed by atoms with Gasteiger partial charge in [-0.1, -0.05) is 6.58 Å². The normalized spacial score (nSPS) is 25.8. The van der Waals surface area contributed by atoms with Crippen molar-refractivity contribution in [3.8, 4) is 0 Å². The first-order valence-electron chi connectivity index (χ1n) is 3.99. The Kier molecular flexibility index (Phi) is 3.05. The molecule has 3 nitrogen and oxygen atoms in total. The van der Waals surface area contributed by atoms with E-state index in [0.717, 1.165) is 31.6 Å². The molecule has 3 N–H and O–H groups in total. The summed E-state index contributed by atoms with van der Waals surface area (Å²) >= 11 is 0. The highest BCUT2D eigenvalue weighted by atomic mass is 16.3. The predicted octanol–water partition coefficient (Wildman–Crippen LogP) is -0.432. The molecule has 0 aromatic carbocycles. The number of nitrogens with two attached hydrogens (primary N) is 1. The maximum Gasteiger partial charge on any atom is 0.0679 e. The molecule has 1 rings (SSSR count). The van der Waals surface area contributed by atoms with Gasteiger partial charge >= 0.3 is 0 Å². The Hall–Kier alpha value is -0.380. The van der Waals surface area contributed by atoms with Crippen LogP contribution >= 0.6 is 0 Å². The van der Waals surface area contributed by atoms with Gasteiger partial charge in [-0.05, 0) is 12.0 Å². The van der Waals surface area contributed by atoms with E-state index in [0.29, 0.717) is 6.54 Å². The lowest BCUT2D eigenvalue weighted by molar-refractivity contribution is 0.179. The quantitative estimate of drug-likeness (QED) is 0.545. The smallest absolute Gasteiger partial charge is 0.0679 e. The molecule has 0 saturated carbocycles. The molecule has 1 heterocycles. The average molecular weight is 156 g/mol. The Morgan fingerprint density at radius 3 is 2.91 bits per heavy atom. The maximum absolute atomic E-state index is 9.18. The van der Waals surface area contributed by atoms with Crippen LogP contribution in [0.4, 0.5) is 0 Å². The number of aliphatic hydroxyl groups excluding tert-OH is 1. The van der Waals surface area contributed by atoms with Gasteiger partial charge in [-0.25, -0.2) is 0 Å². The Balaban J connectivity index is 2.23. The van der Waals surface area contributed by atoms with E-state index in [1.165, 1.54) is 0 Å². The molecule has 1 unspecified atom stereocenters. The Labute approximate surface area is 67.5 Å². The molecule has 1 aliphatic heterocycles. The van der Waals surface area contributed by atoms with Crippen molar-refractivity contribution >= 4 is 0 Å². The van der Waals surface area contributed by atoms with Gasteiger partial charge in [0, 0.05) is 26.2 Å². The number of hydrogen-bond donors (Lipinski definition) is 2. The van der Waals surface area contributed by atoms with Crippen LogP contribution in [0.1, 0.15) is 6.42 Å². The summed E-state index contributed by atoms with van der Waals surface area (Å²) in [6.45, 7) is 6.95. The monoisotopic (exact) mass is 156 g/mol. The molecule has 0 amide bonds. The second-order valence-corrected chi connectivity index (χ2v) is 3.13. The van der Waals surface area contributed by atoms with E-state index in [-0.39, 0.29) is 6.10 Å². The fourth-order valence-corrected chi connectivity index (χ4v) is 1.34. The molecule has 1 aliphatic rings. The topological polar surface area (TPSA) is 49.5 Å². The van der Waals surface area contributed by atoms with Crippen LogP contribution in [-0.4, -0.2) is 42.3 Å². The molecule has 1 fully saturated rings. The van der Waals surface area contributed by atoms with Crippen molar-refractivity contribution in [2.24, 2.45) is 5.73 Å². The summed E-state index contributed by atoms with van der Waals surface area (Å²) in [6, 6.07) is 0. The van der Waals surface area contributed by atoms with Gasteiger partial charge in [0.25, 0.3) is 0 Å². The Morgan fingerprint density at radius 2 is 2.45 bits per heavy atom. The second-order valence-electron chi connectivity index (χ2n) is 3.13. The molecule has 0 bridgehead atoms. The molecule has 0 aromatic heterocycles. The average Bonchev–Trinajstić information content (AvgIpc) is 2.35. The van der Waals surface area contributed by atoms with Gasteiger partial charge in [0.05, 0.1) is 6.10 Å². The fraction of sp³-hybridized carbons (Fsp3) is 0.750. The van der Waals surface area contributed by atoms with Gasteiger partial charge in [-0.2, -0.15) is 0 Å². The Morgan fingerprint density at radius 1 is 1.73 bits per heavy atom. The van der Waals surface area contributed by atoms with Gasteiger partial charge in [0.2, 0.25) is 0 Å². The fourth-order valence-electron chi connectivity index (χ4n) is 1.34. The molecule has 1 saturated heterocycles. The zero-order chi connectivity index (χ0) is 8.27. The lowest BCUT2D eigenvalue weighted by atomic mass is 10.3. The molecule has 11 heavy (non-hydrogen) atoms. The molecule has 0 aliphatic carbocycles. The van der Waals surface area contributed by atoms with Crippen molar-refractivity contribution in [2.75, 3.05) is 26.2 Å². The van der Waals surface area contributed by atoms with Crippen LogP contribution in [0.5, 0.6) is 0 Å². The van der Waals surface area contributed by atoms with E-state index in [1.807, 2.05) is 0 Å². The zero-order valence-electron chi connectivity index (χ0n) is 6.79. The minimum absolute atomic E-state index is 0.138. The lowest BCUT2D eigenvalue weighted by Gasteiger charge is -2.15. The van der Waals surface area contributed by atoms with Crippen molar-refractivity contribution in [1.29, 1.82) is 0 Å². The predicted molar refractivity (Wildman–Crippen MR) is 45.3 cm³/mol. The van der Waals surface area contributed by atoms with Gasteiger partial charge in [0.1, 0.15) is 0 Å². The number of rotatable bonds is 3. The van der Waals surface area contributed by atoms with Crippen LogP contribution in [0, 0.1) is 0 Å². The summed E-state index contributed by atoms with van der Waals surface area (Å²) in [6.07, 6.45) is 0.748. The van der Waals surface area contributed by atoms with Crippen LogP contribution in [0.2, 0.25) is 0 Å². The number of nitrogens with zero attached hydrogens (tertiary/aromatic N) is 1. The molecular formula is C8H16N2O. The van der Waals surface area contributed by atoms with Crippen LogP contribution in [0.15, 0.2) is 12.2 Å². The summed E-state index contributed by atoms with van der Waals surface area (Å²) in [5, 5.41) is 9.18. The molecule has 64 valence electrons. The summed E-state index contributed by atoms with van der Waals surface area (Å²) in [5.41, 5.74) is 6.44. The van der Waals surface area contributed by atoms with E-state index in [1.54, 1.807) is 0 Å². The van der Waals surface area contributed by atoms with Crippen molar-refractivity contribution in [3.63, 3.8) is 0 Å². The van der Waals surface area contributed by atoms with Gasteiger partial charge in [-0.15, -0.1) is 0 Å². The zero-order valence-corrected chi connectivity index (χ0v) is 6.79. The molecule has 1 atom stereocenters. The summed E-state index contributed by atoms with van der Waals surface area (Å²) in [5.74, 6) is 0. The van der Waals surface area contributed by atoms with Gasteiger partial charge in [-0.3, -0.25) is 4.90 Å². The van der Waals surface area contributed by atoms with Crippen molar-refractivity contribution < 1.29 is 5.11 Å². The molecule has 0 aromatic rings. The Bertz CT molecular complexity index is 147. The van der Waals surface area contributed by atoms with Gasteiger partial charge < -0.3 is 10.8 Å². The van der Waals surface area contributed by atoms with Crippen LogP contribution < -0.4 is 5.73 Å². The molecule has 3 heteroatoms. The molecule has 0 spiro atoms. The van der Waals surface area contributed by atoms with Crippen molar-refractivity contribution in [2.45, 2.75) is 12.5 Å². The van der Waals surface area contributed by atoms with Crippen molar-refractivity contribution in [1.82, 2.24) is 4.90 Å². The number of hydrogen-bond acceptors (Lipinski definition) is 3. The largest absolute Gasteiger partial charge is 0.392 e. The van der Waals surface area contributed by atoms with Crippen LogP contribution in [0.3, 0.4) is 0 Å². The minimum atomic E-state index is -0.138. The highest BCUT2D eigenvalue weighted by molar-refractivity contribution is 4.99. The number of β-amino-alcohol motifs (C(OH)–C–C–N with tert-alkyl or cyclic N) is 1. The summed E-state index contributed by atoms with van der Waals surface area (Å²) < 4.78 is 0. The van der Waals surface area contributed by atoms with Gasteiger partial charge in [0.15, 0.2) is 0 Å².